The zero-order chi connectivity index (χ0) is 13.8. The normalized spacial score (nSPS) is 12.4. The van der Waals surface area contributed by atoms with Gasteiger partial charge in [-0.05, 0) is 32.1 Å². The summed E-state index contributed by atoms with van der Waals surface area (Å²) in [5, 5.41) is 3.05. The smallest absolute Gasteiger partial charge is 0.315 e. The SMILES string of the molecule is CCN(Cc1cc(CNC)sc1C)CC(F)(F)F. The van der Waals surface area contributed by atoms with Crippen LogP contribution in [0.15, 0.2) is 6.07 Å². The van der Waals surface area contributed by atoms with E-state index in [9.17, 15) is 13.2 Å². The second kappa shape index (κ2) is 6.54. The van der Waals surface area contributed by atoms with Gasteiger partial charge in [0.25, 0.3) is 0 Å². The highest BCUT2D eigenvalue weighted by atomic mass is 32.1. The second-order valence-corrected chi connectivity index (χ2v) is 5.58. The van der Waals surface area contributed by atoms with Crippen molar-refractivity contribution in [2.75, 3.05) is 20.1 Å². The van der Waals surface area contributed by atoms with Crippen molar-refractivity contribution in [3.63, 3.8) is 0 Å². The summed E-state index contributed by atoms with van der Waals surface area (Å²) in [7, 11) is 1.86. The van der Waals surface area contributed by atoms with Gasteiger partial charge < -0.3 is 5.32 Å². The highest BCUT2D eigenvalue weighted by Gasteiger charge is 2.30. The molecule has 1 rings (SSSR count). The van der Waals surface area contributed by atoms with E-state index in [0.717, 1.165) is 21.9 Å². The minimum Gasteiger partial charge on any atom is -0.315 e. The van der Waals surface area contributed by atoms with Crippen LogP contribution < -0.4 is 5.32 Å². The Labute approximate surface area is 110 Å². The average Bonchev–Trinajstić information content (AvgIpc) is 2.57. The van der Waals surface area contributed by atoms with Crippen molar-refractivity contribution < 1.29 is 13.2 Å². The monoisotopic (exact) mass is 280 g/mol. The lowest BCUT2D eigenvalue weighted by molar-refractivity contribution is -0.146. The Hall–Kier alpha value is -0.590. The molecule has 0 unspecified atom stereocenters. The van der Waals surface area contributed by atoms with E-state index in [1.54, 1.807) is 18.3 Å². The number of hydrogen-bond donors (Lipinski definition) is 1. The zero-order valence-corrected chi connectivity index (χ0v) is 11.7. The standard InChI is InChI=1S/C12H19F3N2S/c1-4-17(8-12(13,14)15)7-10-5-11(6-16-3)18-9(10)2/h5,16H,4,6-8H2,1-3H3. The van der Waals surface area contributed by atoms with Crippen LogP contribution >= 0.6 is 11.3 Å². The molecule has 0 bridgehead atoms. The van der Waals surface area contributed by atoms with Crippen LogP contribution in [0.1, 0.15) is 22.2 Å². The fourth-order valence-electron chi connectivity index (χ4n) is 1.78. The van der Waals surface area contributed by atoms with E-state index < -0.39 is 12.7 Å². The summed E-state index contributed by atoms with van der Waals surface area (Å²) in [6.45, 7) is 4.39. The molecule has 1 N–H and O–H groups in total. The number of aryl methyl sites for hydroxylation is 1. The summed E-state index contributed by atoms with van der Waals surface area (Å²) in [6, 6.07) is 2.00. The van der Waals surface area contributed by atoms with Gasteiger partial charge in [0.15, 0.2) is 0 Å². The molecule has 1 aromatic rings. The van der Waals surface area contributed by atoms with E-state index in [0.29, 0.717) is 13.1 Å². The molecule has 0 aliphatic carbocycles. The van der Waals surface area contributed by atoms with Gasteiger partial charge in [0.2, 0.25) is 0 Å². The number of halogens is 3. The maximum Gasteiger partial charge on any atom is 0.401 e. The lowest BCUT2D eigenvalue weighted by Crippen LogP contribution is -2.33. The number of nitrogens with zero attached hydrogens (tertiary/aromatic N) is 1. The Bertz CT molecular complexity index is 374. The molecular weight excluding hydrogens is 261 g/mol. The van der Waals surface area contributed by atoms with Crippen LogP contribution in [-0.2, 0) is 13.1 Å². The first-order valence-electron chi connectivity index (χ1n) is 5.87. The number of hydrogen-bond acceptors (Lipinski definition) is 3. The van der Waals surface area contributed by atoms with Gasteiger partial charge in [-0.15, -0.1) is 11.3 Å². The summed E-state index contributed by atoms with van der Waals surface area (Å²) in [5.74, 6) is 0. The predicted octanol–water partition coefficient (Wildman–Crippen LogP) is 3.16. The molecule has 0 saturated heterocycles. The average molecular weight is 280 g/mol. The summed E-state index contributed by atoms with van der Waals surface area (Å²) in [5.41, 5.74) is 0.997. The van der Waals surface area contributed by atoms with Gasteiger partial charge in [-0.25, -0.2) is 0 Å². The minimum absolute atomic E-state index is 0.363. The Balaban J connectivity index is 2.69. The molecule has 0 amide bonds. The van der Waals surface area contributed by atoms with E-state index in [1.165, 1.54) is 4.90 Å². The van der Waals surface area contributed by atoms with Gasteiger partial charge in [0.05, 0.1) is 6.54 Å². The van der Waals surface area contributed by atoms with E-state index in [1.807, 2.05) is 20.0 Å². The third kappa shape index (κ3) is 4.96. The molecule has 0 spiro atoms. The fraction of sp³-hybridized carbons (Fsp3) is 0.667. The van der Waals surface area contributed by atoms with Gasteiger partial charge in [-0.2, -0.15) is 13.2 Å². The van der Waals surface area contributed by atoms with E-state index in [2.05, 4.69) is 5.32 Å². The first-order valence-corrected chi connectivity index (χ1v) is 6.69. The molecule has 6 heteroatoms. The molecule has 0 saturated carbocycles. The molecule has 2 nitrogen and oxygen atoms in total. The molecule has 0 fully saturated rings. The lowest BCUT2D eigenvalue weighted by atomic mass is 10.2. The molecular formula is C12H19F3N2S. The Morgan fingerprint density at radius 2 is 2.06 bits per heavy atom. The van der Waals surface area contributed by atoms with Crippen molar-refractivity contribution >= 4 is 11.3 Å². The highest BCUT2D eigenvalue weighted by Crippen LogP contribution is 2.24. The van der Waals surface area contributed by atoms with Crippen LogP contribution in [0.4, 0.5) is 13.2 Å². The third-order valence-electron chi connectivity index (χ3n) is 2.67. The largest absolute Gasteiger partial charge is 0.401 e. The second-order valence-electron chi connectivity index (χ2n) is 4.24. The van der Waals surface area contributed by atoms with Gasteiger partial charge in [-0.3, -0.25) is 4.90 Å². The number of nitrogens with one attached hydrogen (secondary N) is 1. The highest BCUT2D eigenvalue weighted by molar-refractivity contribution is 7.12. The Kier molecular flexibility index (Phi) is 5.62. The van der Waals surface area contributed by atoms with E-state index in [-0.39, 0.29) is 0 Å². The van der Waals surface area contributed by atoms with Gasteiger partial charge >= 0.3 is 6.18 Å². The predicted molar refractivity (Wildman–Crippen MR) is 68.8 cm³/mol. The van der Waals surface area contributed by atoms with E-state index in [4.69, 9.17) is 0 Å². The quantitative estimate of drug-likeness (QED) is 0.861. The molecule has 104 valence electrons. The van der Waals surface area contributed by atoms with Crippen LogP contribution in [-0.4, -0.2) is 31.2 Å². The third-order valence-corrected chi connectivity index (χ3v) is 3.76. The molecule has 0 atom stereocenters. The fourth-order valence-corrected chi connectivity index (χ4v) is 2.85. The lowest BCUT2D eigenvalue weighted by Gasteiger charge is -2.21. The molecule has 0 aromatic carbocycles. The summed E-state index contributed by atoms with van der Waals surface area (Å²) in [6.07, 6.45) is -4.13. The maximum atomic E-state index is 12.4. The van der Waals surface area contributed by atoms with Crippen molar-refractivity contribution in [1.82, 2.24) is 10.2 Å². The summed E-state index contributed by atoms with van der Waals surface area (Å²) >= 11 is 1.64. The van der Waals surface area contributed by atoms with Crippen molar-refractivity contribution in [1.29, 1.82) is 0 Å². The molecule has 1 aromatic heterocycles. The summed E-state index contributed by atoms with van der Waals surface area (Å²) < 4.78 is 37.1. The van der Waals surface area contributed by atoms with Crippen LogP contribution in [0, 0.1) is 6.92 Å². The number of alkyl halides is 3. The Morgan fingerprint density at radius 1 is 1.39 bits per heavy atom. The molecule has 18 heavy (non-hydrogen) atoms. The van der Waals surface area contributed by atoms with Crippen LogP contribution in [0.3, 0.4) is 0 Å². The van der Waals surface area contributed by atoms with Gasteiger partial charge in [-0.1, -0.05) is 6.92 Å². The van der Waals surface area contributed by atoms with Gasteiger partial charge in [0.1, 0.15) is 0 Å². The zero-order valence-electron chi connectivity index (χ0n) is 10.9. The molecule has 0 radical (unpaired) electrons. The van der Waals surface area contributed by atoms with Gasteiger partial charge in [0, 0.05) is 22.8 Å². The van der Waals surface area contributed by atoms with E-state index >= 15 is 0 Å². The topological polar surface area (TPSA) is 15.3 Å². The van der Waals surface area contributed by atoms with Crippen LogP contribution in [0.25, 0.3) is 0 Å². The number of rotatable bonds is 6. The molecule has 0 aliphatic heterocycles. The van der Waals surface area contributed by atoms with Crippen molar-refractivity contribution in [2.24, 2.45) is 0 Å². The summed E-state index contributed by atoms with van der Waals surface area (Å²) in [4.78, 5) is 3.67. The first-order chi connectivity index (χ1) is 8.35. The molecule has 1 heterocycles. The number of thiophene rings is 1. The van der Waals surface area contributed by atoms with Crippen molar-refractivity contribution in [3.8, 4) is 0 Å². The minimum atomic E-state index is -4.13. The Morgan fingerprint density at radius 3 is 2.56 bits per heavy atom. The first kappa shape index (κ1) is 15.5. The maximum absolute atomic E-state index is 12.4. The van der Waals surface area contributed by atoms with Crippen molar-refractivity contribution in [2.45, 2.75) is 33.1 Å². The van der Waals surface area contributed by atoms with Crippen LogP contribution in [0.5, 0.6) is 0 Å². The van der Waals surface area contributed by atoms with Crippen LogP contribution in [0.2, 0.25) is 0 Å². The van der Waals surface area contributed by atoms with Crippen molar-refractivity contribution in [3.05, 3.63) is 21.4 Å². The molecule has 0 aliphatic rings.